The van der Waals surface area contributed by atoms with E-state index in [1.807, 2.05) is 0 Å². The molecule has 0 aromatic carbocycles. The van der Waals surface area contributed by atoms with Crippen molar-refractivity contribution in [2.75, 3.05) is 12.9 Å². The van der Waals surface area contributed by atoms with Crippen molar-refractivity contribution >= 4 is 35.0 Å². The Hall–Kier alpha value is -1.17. The minimum Gasteiger partial charge on any atom is -0.465 e. The zero-order valence-electron chi connectivity index (χ0n) is 7.89. The lowest BCUT2D eigenvalue weighted by Gasteiger charge is -2.10. The third kappa shape index (κ3) is 2.41. The smallest absolute Gasteiger partial charge is 0.324 e. The molecule has 1 atom stereocenters. The standard InChI is InChI=1S/C8H10N2O3S/c1-3-13-7(12)5-4-9-8(14-2)10-6(5)11/h4-5H,3H2,1-2H3. The van der Waals surface area contributed by atoms with Crippen molar-refractivity contribution in [3.63, 3.8) is 0 Å². The summed E-state index contributed by atoms with van der Waals surface area (Å²) in [5.41, 5.74) is 0. The number of esters is 1. The van der Waals surface area contributed by atoms with Crippen molar-refractivity contribution < 1.29 is 14.3 Å². The van der Waals surface area contributed by atoms with E-state index in [2.05, 4.69) is 9.98 Å². The fourth-order valence-corrected chi connectivity index (χ4v) is 1.23. The predicted molar refractivity (Wildman–Crippen MR) is 54.6 cm³/mol. The van der Waals surface area contributed by atoms with Crippen LogP contribution in [0.25, 0.3) is 0 Å². The van der Waals surface area contributed by atoms with Crippen molar-refractivity contribution in [1.82, 2.24) is 0 Å². The largest absolute Gasteiger partial charge is 0.465 e. The van der Waals surface area contributed by atoms with Gasteiger partial charge in [0.25, 0.3) is 5.91 Å². The van der Waals surface area contributed by atoms with E-state index in [-0.39, 0.29) is 6.61 Å². The summed E-state index contributed by atoms with van der Waals surface area (Å²) in [6, 6.07) is 0. The fourth-order valence-electron chi connectivity index (χ4n) is 0.887. The molecule has 0 radical (unpaired) electrons. The molecule has 76 valence electrons. The number of aliphatic imine (C=N–C) groups is 2. The molecule has 1 aliphatic heterocycles. The third-order valence-corrected chi connectivity index (χ3v) is 2.09. The lowest BCUT2D eigenvalue weighted by atomic mass is 10.1. The summed E-state index contributed by atoms with van der Waals surface area (Å²) in [5, 5.41) is 0.371. The summed E-state index contributed by atoms with van der Waals surface area (Å²) in [7, 11) is 0. The van der Waals surface area contributed by atoms with E-state index in [1.165, 1.54) is 18.0 Å². The van der Waals surface area contributed by atoms with Gasteiger partial charge in [0.15, 0.2) is 11.1 Å². The number of hydrogen-bond acceptors (Lipinski definition) is 5. The van der Waals surface area contributed by atoms with Crippen LogP contribution in [-0.2, 0) is 14.3 Å². The van der Waals surface area contributed by atoms with Gasteiger partial charge in [0.2, 0.25) is 0 Å². The maximum Gasteiger partial charge on any atom is 0.324 e. The summed E-state index contributed by atoms with van der Waals surface area (Å²) >= 11 is 1.26. The SMILES string of the molecule is CCOC(=O)C1C=NC(SC)=NC1=O. The van der Waals surface area contributed by atoms with Gasteiger partial charge in [-0.3, -0.25) is 9.59 Å². The van der Waals surface area contributed by atoms with Crippen LogP contribution in [0, 0.1) is 5.92 Å². The fraction of sp³-hybridized carbons (Fsp3) is 0.500. The maximum atomic E-state index is 11.3. The highest BCUT2D eigenvalue weighted by molar-refractivity contribution is 8.13. The van der Waals surface area contributed by atoms with Gasteiger partial charge in [0.1, 0.15) is 0 Å². The van der Waals surface area contributed by atoms with Crippen LogP contribution in [0.15, 0.2) is 9.98 Å². The Balaban J connectivity index is 2.69. The molecular formula is C8H10N2O3S. The Morgan fingerprint density at radius 3 is 2.93 bits per heavy atom. The quantitative estimate of drug-likeness (QED) is 0.495. The number of thioether (sulfide) groups is 1. The molecule has 1 heterocycles. The van der Waals surface area contributed by atoms with Crippen molar-refractivity contribution in [3.8, 4) is 0 Å². The minimum atomic E-state index is -0.967. The first kappa shape index (κ1) is 10.9. The molecule has 5 nitrogen and oxygen atoms in total. The number of carbonyl (C=O) groups is 2. The first-order valence-electron chi connectivity index (χ1n) is 4.06. The summed E-state index contributed by atoms with van der Waals surface area (Å²) in [5.74, 6) is -2.07. The molecule has 6 heteroatoms. The second-order valence-corrected chi connectivity index (χ2v) is 3.22. The van der Waals surface area contributed by atoms with Crippen LogP contribution >= 0.6 is 11.8 Å². The first-order valence-corrected chi connectivity index (χ1v) is 5.28. The number of rotatable bonds is 2. The van der Waals surface area contributed by atoms with Gasteiger partial charge in [-0.2, -0.15) is 4.99 Å². The lowest BCUT2D eigenvalue weighted by Crippen LogP contribution is -2.29. The first-order chi connectivity index (χ1) is 6.69. The van der Waals surface area contributed by atoms with Gasteiger partial charge in [-0.05, 0) is 13.2 Å². The molecule has 0 aromatic rings. The zero-order valence-corrected chi connectivity index (χ0v) is 8.71. The van der Waals surface area contributed by atoms with Gasteiger partial charge in [-0.15, -0.1) is 0 Å². The van der Waals surface area contributed by atoms with E-state index in [0.29, 0.717) is 5.17 Å². The van der Waals surface area contributed by atoms with Gasteiger partial charge in [0.05, 0.1) is 6.61 Å². The molecule has 14 heavy (non-hydrogen) atoms. The van der Waals surface area contributed by atoms with E-state index in [4.69, 9.17) is 4.74 Å². The van der Waals surface area contributed by atoms with Gasteiger partial charge < -0.3 is 4.74 Å². The van der Waals surface area contributed by atoms with Crippen LogP contribution in [-0.4, -0.2) is 36.1 Å². The second kappa shape index (κ2) is 4.90. The van der Waals surface area contributed by atoms with Crippen LogP contribution in [0.1, 0.15) is 6.92 Å². The Morgan fingerprint density at radius 2 is 2.43 bits per heavy atom. The lowest BCUT2D eigenvalue weighted by molar-refractivity contribution is -0.148. The molecule has 0 aliphatic carbocycles. The Bertz CT molecular complexity index is 312. The van der Waals surface area contributed by atoms with E-state index in [0.717, 1.165) is 0 Å². The Morgan fingerprint density at radius 1 is 1.71 bits per heavy atom. The number of ether oxygens (including phenoxy) is 1. The van der Waals surface area contributed by atoms with Crippen molar-refractivity contribution in [1.29, 1.82) is 0 Å². The molecule has 0 saturated carbocycles. The zero-order chi connectivity index (χ0) is 10.6. The molecule has 0 bridgehead atoms. The summed E-state index contributed by atoms with van der Waals surface area (Å²) < 4.78 is 4.69. The Labute approximate surface area is 85.6 Å². The van der Waals surface area contributed by atoms with Crippen molar-refractivity contribution in [3.05, 3.63) is 0 Å². The molecule has 1 amide bonds. The number of hydrogen-bond donors (Lipinski definition) is 0. The predicted octanol–water partition coefficient (Wildman–Crippen LogP) is 0.496. The molecule has 0 saturated heterocycles. The van der Waals surface area contributed by atoms with Gasteiger partial charge in [0, 0.05) is 6.21 Å². The highest BCUT2D eigenvalue weighted by Gasteiger charge is 2.28. The van der Waals surface area contributed by atoms with E-state index < -0.39 is 17.8 Å². The topological polar surface area (TPSA) is 68.1 Å². The van der Waals surface area contributed by atoms with Crippen LogP contribution < -0.4 is 0 Å². The highest BCUT2D eigenvalue weighted by Crippen LogP contribution is 2.10. The number of amides is 1. The van der Waals surface area contributed by atoms with Gasteiger partial charge in [-0.1, -0.05) is 11.8 Å². The number of amidine groups is 1. The molecular weight excluding hydrogens is 204 g/mol. The average Bonchev–Trinajstić information content (AvgIpc) is 2.17. The third-order valence-electron chi connectivity index (χ3n) is 1.53. The minimum absolute atomic E-state index is 0.246. The average molecular weight is 214 g/mol. The van der Waals surface area contributed by atoms with E-state index in [1.54, 1.807) is 13.2 Å². The van der Waals surface area contributed by atoms with Gasteiger partial charge >= 0.3 is 5.97 Å². The molecule has 1 rings (SSSR count). The molecule has 1 unspecified atom stereocenters. The monoisotopic (exact) mass is 214 g/mol. The van der Waals surface area contributed by atoms with Gasteiger partial charge in [-0.25, -0.2) is 4.99 Å². The molecule has 0 N–H and O–H groups in total. The van der Waals surface area contributed by atoms with Crippen molar-refractivity contribution in [2.24, 2.45) is 15.9 Å². The van der Waals surface area contributed by atoms with Crippen molar-refractivity contribution in [2.45, 2.75) is 6.92 Å². The Kier molecular flexibility index (Phi) is 3.82. The van der Waals surface area contributed by atoms with Crippen LogP contribution in [0.4, 0.5) is 0 Å². The van der Waals surface area contributed by atoms with Crippen LogP contribution in [0.2, 0.25) is 0 Å². The highest BCUT2D eigenvalue weighted by atomic mass is 32.2. The summed E-state index contributed by atoms with van der Waals surface area (Å²) in [4.78, 5) is 30.0. The van der Waals surface area contributed by atoms with Crippen LogP contribution in [0.5, 0.6) is 0 Å². The summed E-state index contributed by atoms with van der Waals surface area (Å²) in [6.45, 7) is 1.93. The number of carbonyl (C=O) groups excluding carboxylic acids is 2. The van der Waals surface area contributed by atoms with E-state index >= 15 is 0 Å². The van der Waals surface area contributed by atoms with Crippen LogP contribution in [0.3, 0.4) is 0 Å². The molecule has 0 spiro atoms. The number of nitrogens with zero attached hydrogens (tertiary/aromatic N) is 2. The molecule has 1 aliphatic rings. The maximum absolute atomic E-state index is 11.3. The van der Waals surface area contributed by atoms with E-state index in [9.17, 15) is 9.59 Å². The molecule has 0 aromatic heterocycles. The second-order valence-electron chi connectivity index (χ2n) is 2.44. The summed E-state index contributed by atoms with van der Waals surface area (Å²) in [6.07, 6.45) is 3.04. The normalized spacial score (nSPS) is 20.6. The molecule has 0 fully saturated rings.